The smallest absolute Gasteiger partial charge is 0.337 e. The van der Waals surface area contributed by atoms with Gasteiger partial charge in [0.05, 0.1) is 34.0 Å². The van der Waals surface area contributed by atoms with Crippen molar-refractivity contribution >= 4 is 71.3 Å². The Hall–Kier alpha value is -2.44. The van der Waals surface area contributed by atoms with Crippen LogP contribution < -0.4 is 5.32 Å². The quantitative estimate of drug-likeness (QED) is 0.513. The number of rotatable bonds is 5. The van der Waals surface area contributed by atoms with Crippen molar-refractivity contribution in [1.29, 1.82) is 0 Å². The molecule has 9 nitrogen and oxygen atoms in total. The summed E-state index contributed by atoms with van der Waals surface area (Å²) in [6.07, 6.45) is 1.16. The molecule has 2 aromatic carbocycles. The molecule has 1 aliphatic rings. The molecule has 33 heavy (non-hydrogen) atoms. The molecule has 0 saturated carbocycles. The van der Waals surface area contributed by atoms with E-state index in [1.165, 1.54) is 24.3 Å². The number of halogens is 2. The van der Waals surface area contributed by atoms with Crippen LogP contribution in [0.2, 0.25) is 10.0 Å². The Labute approximate surface area is 199 Å². The van der Waals surface area contributed by atoms with Crippen LogP contribution in [0, 0.1) is 0 Å². The summed E-state index contributed by atoms with van der Waals surface area (Å²) >= 11 is 12.1. The van der Waals surface area contributed by atoms with E-state index < -0.39 is 25.8 Å². The van der Waals surface area contributed by atoms with Crippen LogP contribution in [0.3, 0.4) is 0 Å². The number of benzene rings is 2. The van der Waals surface area contributed by atoms with Crippen molar-refractivity contribution < 1.29 is 26.7 Å². The molecule has 4 rings (SSSR count). The average molecular weight is 530 g/mol. The second-order valence-electron chi connectivity index (χ2n) is 7.33. The van der Waals surface area contributed by atoms with Crippen molar-refractivity contribution in [1.82, 2.24) is 9.29 Å². The zero-order valence-electron chi connectivity index (χ0n) is 16.8. The SMILES string of the molecule is O=C(O)c1cc(Cl)ccc1Nc1c(S(=O)(=O)N2CCS(=O)(=O)CC2)cnc2ccc(Cl)cc12. The Morgan fingerprint density at radius 2 is 1.70 bits per heavy atom. The number of nitrogens with one attached hydrogen (secondary N) is 1. The summed E-state index contributed by atoms with van der Waals surface area (Å²) in [5.41, 5.74) is 0.438. The van der Waals surface area contributed by atoms with Crippen LogP contribution in [0.25, 0.3) is 10.9 Å². The fourth-order valence-corrected chi connectivity index (χ4v) is 6.81. The van der Waals surface area contributed by atoms with Gasteiger partial charge in [-0.05, 0) is 36.4 Å². The minimum Gasteiger partial charge on any atom is -0.478 e. The van der Waals surface area contributed by atoms with Crippen LogP contribution in [0.1, 0.15) is 10.4 Å². The van der Waals surface area contributed by atoms with Gasteiger partial charge < -0.3 is 10.4 Å². The first-order valence-corrected chi connectivity index (χ1v) is 13.6. The first-order valence-electron chi connectivity index (χ1n) is 9.57. The van der Waals surface area contributed by atoms with E-state index in [1.54, 1.807) is 12.1 Å². The molecular formula is C20H17Cl2N3O6S2. The van der Waals surface area contributed by atoms with Gasteiger partial charge in [-0.25, -0.2) is 21.6 Å². The van der Waals surface area contributed by atoms with Gasteiger partial charge >= 0.3 is 5.97 Å². The minimum atomic E-state index is -4.18. The minimum absolute atomic E-state index is 0.0701. The molecular weight excluding hydrogens is 513 g/mol. The number of pyridine rings is 1. The summed E-state index contributed by atoms with van der Waals surface area (Å²) < 4.78 is 51.6. The molecule has 0 spiro atoms. The number of carboxylic acids is 1. The Kier molecular flexibility index (Phi) is 6.27. The van der Waals surface area contributed by atoms with E-state index >= 15 is 0 Å². The number of aromatic nitrogens is 1. The van der Waals surface area contributed by atoms with Crippen molar-refractivity contribution in [3.63, 3.8) is 0 Å². The highest BCUT2D eigenvalue weighted by molar-refractivity contribution is 7.92. The number of hydrogen-bond donors (Lipinski definition) is 2. The van der Waals surface area contributed by atoms with Crippen LogP contribution in [0.15, 0.2) is 47.5 Å². The van der Waals surface area contributed by atoms with Crippen molar-refractivity contribution in [2.75, 3.05) is 29.9 Å². The Balaban J connectivity index is 1.90. The predicted octanol–water partition coefficient (Wildman–Crippen LogP) is 3.40. The van der Waals surface area contributed by atoms with Gasteiger partial charge in [0.25, 0.3) is 0 Å². The number of fused-ring (bicyclic) bond motifs is 1. The molecule has 0 amide bonds. The number of anilines is 2. The fourth-order valence-electron chi connectivity index (χ4n) is 3.48. The lowest BCUT2D eigenvalue weighted by Crippen LogP contribution is -2.43. The Morgan fingerprint density at radius 1 is 1.06 bits per heavy atom. The maximum absolute atomic E-state index is 13.5. The zero-order valence-corrected chi connectivity index (χ0v) is 20.0. The average Bonchev–Trinajstić information content (AvgIpc) is 2.74. The largest absolute Gasteiger partial charge is 0.478 e. The fraction of sp³-hybridized carbons (Fsp3) is 0.200. The van der Waals surface area contributed by atoms with E-state index in [0.717, 1.165) is 10.5 Å². The monoisotopic (exact) mass is 529 g/mol. The zero-order chi connectivity index (χ0) is 24.0. The number of carbonyl (C=O) groups is 1. The van der Waals surface area contributed by atoms with Gasteiger partial charge in [0.15, 0.2) is 9.84 Å². The normalized spacial score (nSPS) is 16.5. The molecule has 0 aliphatic carbocycles. The van der Waals surface area contributed by atoms with E-state index in [9.17, 15) is 26.7 Å². The van der Waals surface area contributed by atoms with E-state index in [4.69, 9.17) is 23.2 Å². The topological polar surface area (TPSA) is 134 Å². The van der Waals surface area contributed by atoms with E-state index in [2.05, 4.69) is 10.3 Å². The summed E-state index contributed by atoms with van der Waals surface area (Å²) in [5, 5.41) is 13.4. The van der Waals surface area contributed by atoms with Crippen molar-refractivity contribution in [2.45, 2.75) is 4.90 Å². The molecule has 13 heteroatoms. The van der Waals surface area contributed by atoms with Gasteiger partial charge in [-0.15, -0.1) is 0 Å². The highest BCUT2D eigenvalue weighted by Gasteiger charge is 2.34. The molecule has 3 aromatic rings. The lowest BCUT2D eigenvalue weighted by Gasteiger charge is -2.27. The highest BCUT2D eigenvalue weighted by Crippen LogP contribution is 2.36. The van der Waals surface area contributed by atoms with Crippen LogP contribution in [-0.4, -0.2) is 61.8 Å². The number of carboxylic acid groups (broad SMARTS) is 1. The second-order valence-corrected chi connectivity index (χ2v) is 12.4. The summed E-state index contributed by atoms with van der Waals surface area (Å²) in [5.74, 6) is -1.84. The number of hydrogen-bond acceptors (Lipinski definition) is 7. The molecule has 0 unspecified atom stereocenters. The molecule has 2 N–H and O–H groups in total. The summed E-state index contributed by atoms with van der Waals surface area (Å²) in [6, 6.07) is 8.85. The van der Waals surface area contributed by atoms with Crippen molar-refractivity contribution in [3.05, 3.63) is 58.2 Å². The third-order valence-electron chi connectivity index (χ3n) is 5.19. The molecule has 2 heterocycles. The highest BCUT2D eigenvalue weighted by atomic mass is 35.5. The predicted molar refractivity (Wildman–Crippen MR) is 126 cm³/mol. The molecule has 1 saturated heterocycles. The molecule has 174 valence electrons. The summed E-state index contributed by atoms with van der Waals surface area (Å²) in [6.45, 7) is -0.391. The van der Waals surface area contributed by atoms with Gasteiger partial charge in [-0.3, -0.25) is 4.98 Å². The number of sulfonamides is 1. The van der Waals surface area contributed by atoms with Crippen LogP contribution in [-0.2, 0) is 19.9 Å². The van der Waals surface area contributed by atoms with E-state index in [1.807, 2.05) is 0 Å². The maximum Gasteiger partial charge on any atom is 0.337 e. The standard InChI is InChI=1S/C20H17Cl2N3O6S2/c21-12-1-3-16-14(9-12)19(24-17-4-2-13(22)10-15(17)20(26)27)18(11-23-16)33(30,31)25-5-7-32(28,29)8-6-25/h1-4,9-11H,5-8H2,(H,23,24)(H,26,27). The summed E-state index contributed by atoms with van der Waals surface area (Å²) in [4.78, 5) is 15.7. The second kappa shape index (κ2) is 8.73. The van der Waals surface area contributed by atoms with Crippen molar-refractivity contribution in [3.8, 4) is 0 Å². The maximum atomic E-state index is 13.5. The lowest BCUT2D eigenvalue weighted by molar-refractivity contribution is 0.0698. The third-order valence-corrected chi connectivity index (χ3v) is 9.18. The first kappa shape index (κ1) is 23.7. The van der Waals surface area contributed by atoms with Gasteiger partial charge in [-0.1, -0.05) is 23.2 Å². The number of aromatic carboxylic acids is 1. The van der Waals surface area contributed by atoms with Gasteiger partial charge in [0.1, 0.15) is 4.90 Å². The van der Waals surface area contributed by atoms with Gasteiger partial charge in [-0.2, -0.15) is 4.31 Å². The molecule has 1 aromatic heterocycles. The Morgan fingerprint density at radius 3 is 2.36 bits per heavy atom. The Bertz CT molecular complexity index is 1480. The van der Waals surface area contributed by atoms with Gasteiger partial charge in [0, 0.05) is 34.7 Å². The number of sulfone groups is 1. The van der Waals surface area contributed by atoms with E-state index in [0.29, 0.717) is 15.9 Å². The summed E-state index contributed by atoms with van der Waals surface area (Å²) in [7, 11) is -7.49. The van der Waals surface area contributed by atoms with Gasteiger partial charge in [0.2, 0.25) is 10.0 Å². The van der Waals surface area contributed by atoms with Crippen LogP contribution in [0.5, 0.6) is 0 Å². The lowest BCUT2D eigenvalue weighted by atomic mass is 10.1. The first-order chi connectivity index (χ1) is 15.5. The third kappa shape index (κ3) is 4.78. The van der Waals surface area contributed by atoms with Crippen LogP contribution in [0.4, 0.5) is 11.4 Å². The molecule has 0 atom stereocenters. The van der Waals surface area contributed by atoms with E-state index in [-0.39, 0.29) is 51.5 Å². The van der Waals surface area contributed by atoms with Crippen LogP contribution >= 0.6 is 23.2 Å². The molecule has 0 radical (unpaired) electrons. The number of nitrogens with zero attached hydrogens (tertiary/aromatic N) is 2. The van der Waals surface area contributed by atoms with Crippen molar-refractivity contribution in [2.24, 2.45) is 0 Å². The molecule has 1 fully saturated rings. The molecule has 0 bridgehead atoms. The molecule has 1 aliphatic heterocycles.